The van der Waals surface area contributed by atoms with Crippen molar-refractivity contribution in [3.05, 3.63) is 59.7 Å². The number of hydrogen-bond donors (Lipinski definition) is 0. The number of benzene rings is 2. The van der Waals surface area contributed by atoms with Gasteiger partial charge in [-0.3, -0.25) is 9.59 Å². The van der Waals surface area contributed by atoms with Gasteiger partial charge in [0.2, 0.25) is 0 Å². The largest absolute Gasteiger partial charge is 0.457 e. The predicted octanol–water partition coefficient (Wildman–Crippen LogP) is 4.91. The van der Waals surface area contributed by atoms with Crippen molar-refractivity contribution in [2.75, 3.05) is 0 Å². The van der Waals surface area contributed by atoms with Gasteiger partial charge in [0.15, 0.2) is 11.6 Å². The summed E-state index contributed by atoms with van der Waals surface area (Å²) < 4.78 is 5.72. The second-order valence-corrected chi connectivity index (χ2v) is 5.45. The molecule has 0 aromatic heterocycles. The zero-order valence-electron chi connectivity index (χ0n) is 13.1. The standard InChI is InChI=1S/C19H20O3/c1-4-18(20)14-5-9-16(10-6-14)22-17-11-7-15(8-12-17)19(21)13(2)3/h5-13H,4H2,1-3H3. The summed E-state index contributed by atoms with van der Waals surface area (Å²) in [5.74, 6) is 1.54. The summed E-state index contributed by atoms with van der Waals surface area (Å²) in [5, 5.41) is 0. The van der Waals surface area contributed by atoms with E-state index in [4.69, 9.17) is 4.74 Å². The number of carbonyl (C=O) groups excluding carboxylic acids is 2. The van der Waals surface area contributed by atoms with Crippen molar-refractivity contribution >= 4 is 11.6 Å². The van der Waals surface area contributed by atoms with Gasteiger partial charge in [-0.25, -0.2) is 0 Å². The van der Waals surface area contributed by atoms with E-state index in [0.29, 0.717) is 29.0 Å². The van der Waals surface area contributed by atoms with Gasteiger partial charge in [0, 0.05) is 23.5 Å². The Morgan fingerprint density at radius 2 is 1.32 bits per heavy atom. The minimum Gasteiger partial charge on any atom is -0.457 e. The number of ether oxygens (including phenoxy) is 1. The molecular formula is C19H20O3. The van der Waals surface area contributed by atoms with Gasteiger partial charge in [-0.2, -0.15) is 0 Å². The first-order valence-electron chi connectivity index (χ1n) is 7.46. The van der Waals surface area contributed by atoms with E-state index in [9.17, 15) is 9.59 Å². The Hall–Kier alpha value is -2.42. The molecule has 0 N–H and O–H groups in total. The third kappa shape index (κ3) is 3.82. The lowest BCUT2D eigenvalue weighted by Gasteiger charge is -2.08. The van der Waals surface area contributed by atoms with Crippen molar-refractivity contribution < 1.29 is 14.3 Å². The Morgan fingerprint density at radius 1 is 0.864 bits per heavy atom. The summed E-state index contributed by atoms with van der Waals surface area (Å²) in [5.41, 5.74) is 1.37. The van der Waals surface area contributed by atoms with E-state index in [1.807, 2.05) is 20.8 Å². The number of ketones is 2. The van der Waals surface area contributed by atoms with Crippen LogP contribution >= 0.6 is 0 Å². The fourth-order valence-electron chi connectivity index (χ4n) is 2.07. The number of hydrogen-bond acceptors (Lipinski definition) is 3. The third-order valence-electron chi connectivity index (χ3n) is 3.40. The highest BCUT2D eigenvalue weighted by atomic mass is 16.5. The monoisotopic (exact) mass is 296 g/mol. The molecule has 3 heteroatoms. The fraction of sp³-hybridized carbons (Fsp3) is 0.263. The van der Waals surface area contributed by atoms with Crippen LogP contribution in [0.3, 0.4) is 0 Å². The SMILES string of the molecule is CCC(=O)c1ccc(Oc2ccc(C(=O)C(C)C)cc2)cc1. The van der Waals surface area contributed by atoms with Crippen LogP contribution in [-0.2, 0) is 0 Å². The molecule has 0 fully saturated rings. The second-order valence-electron chi connectivity index (χ2n) is 5.45. The van der Waals surface area contributed by atoms with E-state index in [1.54, 1.807) is 48.5 Å². The predicted molar refractivity (Wildman–Crippen MR) is 86.7 cm³/mol. The average molecular weight is 296 g/mol. The molecule has 2 aromatic carbocycles. The molecule has 0 bridgehead atoms. The number of Topliss-reactive ketones (excluding diaryl/α,β-unsaturated/α-hetero) is 2. The molecule has 0 saturated heterocycles. The molecule has 0 aliphatic rings. The summed E-state index contributed by atoms with van der Waals surface area (Å²) in [4.78, 5) is 23.4. The minimum absolute atomic E-state index is 0.0181. The second kappa shape index (κ2) is 7.03. The van der Waals surface area contributed by atoms with Crippen molar-refractivity contribution in [3.63, 3.8) is 0 Å². The van der Waals surface area contributed by atoms with E-state index in [1.165, 1.54) is 0 Å². The maximum Gasteiger partial charge on any atom is 0.165 e. The van der Waals surface area contributed by atoms with Crippen LogP contribution in [0.5, 0.6) is 11.5 Å². The van der Waals surface area contributed by atoms with Crippen molar-refractivity contribution in [1.82, 2.24) is 0 Å². The van der Waals surface area contributed by atoms with Crippen LogP contribution in [0.1, 0.15) is 47.9 Å². The van der Waals surface area contributed by atoms with Gasteiger partial charge in [0.1, 0.15) is 11.5 Å². The Balaban J connectivity index is 2.08. The van der Waals surface area contributed by atoms with Crippen LogP contribution in [0.4, 0.5) is 0 Å². The summed E-state index contributed by atoms with van der Waals surface area (Å²) in [6.07, 6.45) is 0.492. The molecule has 0 spiro atoms. The molecular weight excluding hydrogens is 276 g/mol. The first-order chi connectivity index (χ1) is 10.5. The van der Waals surface area contributed by atoms with Crippen LogP contribution in [0.15, 0.2) is 48.5 Å². The normalized spacial score (nSPS) is 10.5. The van der Waals surface area contributed by atoms with E-state index >= 15 is 0 Å². The smallest absolute Gasteiger partial charge is 0.165 e. The lowest BCUT2D eigenvalue weighted by molar-refractivity contribution is 0.0938. The lowest BCUT2D eigenvalue weighted by Crippen LogP contribution is -2.06. The third-order valence-corrected chi connectivity index (χ3v) is 3.40. The van der Waals surface area contributed by atoms with Crippen LogP contribution in [0, 0.1) is 5.92 Å². The molecule has 2 aromatic rings. The van der Waals surface area contributed by atoms with Crippen molar-refractivity contribution in [3.8, 4) is 11.5 Å². The Bertz CT molecular complexity index is 652. The topological polar surface area (TPSA) is 43.4 Å². The van der Waals surface area contributed by atoms with Gasteiger partial charge in [-0.05, 0) is 48.5 Å². The highest BCUT2D eigenvalue weighted by Crippen LogP contribution is 2.23. The molecule has 0 saturated carbocycles. The van der Waals surface area contributed by atoms with Gasteiger partial charge in [-0.15, -0.1) is 0 Å². The van der Waals surface area contributed by atoms with E-state index in [2.05, 4.69) is 0 Å². The molecule has 0 aliphatic heterocycles. The lowest BCUT2D eigenvalue weighted by atomic mass is 10.0. The molecule has 22 heavy (non-hydrogen) atoms. The highest BCUT2D eigenvalue weighted by molar-refractivity contribution is 5.97. The minimum atomic E-state index is -0.0181. The highest BCUT2D eigenvalue weighted by Gasteiger charge is 2.10. The van der Waals surface area contributed by atoms with Gasteiger partial charge < -0.3 is 4.74 Å². The molecule has 0 radical (unpaired) electrons. The van der Waals surface area contributed by atoms with Crippen LogP contribution in [-0.4, -0.2) is 11.6 Å². The van der Waals surface area contributed by atoms with Crippen LogP contribution < -0.4 is 4.74 Å². The van der Waals surface area contributed by atoms with Crippen molar-refractivity contribution in [1.29, 1.82) is 0 Å². The Labute approximate surface area is 130 Å². The molecule has 0 atom stereocenters. The molecule has 0 heterocycles. The van der Waals surface area contributed by atoms with E-state index < -0.39 is 0 Å². The Kier molecular flexibility index (Phi) is 5.10. The van der Waals surface area contributed by atoms with Crippen LogP contribution in [0.25, 0.3) is 0 Å². The van der Waals surface area contributed by atoms with E-state index in [0.717, 1.165) is 0 Å². The van der Waals surface area contributed by atoms with Gasteiger partial charge in [0.25, 0.3) is 0 Å². The summed E-state index contributed by atoms with van der Waals surface area (Å²) in [6, 6.07) is 14.2. The van der Waals surface area contributed by atoms with Gasteiger partial charge >= 0.3 is 0 Å². The number of rotatable bonds is 6. The maximum atomic E-state index is 11.9. The van der Waals surface area contributed by atoms with Crippen molar-refractivity contribution in [2.24, 2.45) is 5.92 Å². The maximum absolute atomic E-state index is 11.9. The number of carbonyl (C=O) groups is 2. The van der Waals surface area contributed by atoms with Gasteiger partial charge in [-0.1, -0.05) is 20.8 Å². The quantitative estimate of drug-likeness (QED) is 0.711. The molecule has 114 valence electrons. The fourth-order valence-corrected chi connectivity index (χ4v) is 2.07. The summed E-state index contributed by atoms with van der Waals surface area (Å²) >= 11 is 0. The first-order valence-corrected chi connectivity index (χ1v) is 7.46. The molecule has 2 rings (SSSR count). The van der Waals surface area contributed by atoms with E-state index in [-0.39, 0.29) is 17.5 Å². The van der Waals surface area contributed by atoms with Gasteiger partial charge in [0.05, 0.1) is 0 Å². The zero-order chi connectivity index (χ0) is 16.1. The Morgan fingerprint density at radius 3 is 1.73 bits per heavy atom. The summed E-state index contributed by atoms with van der Waals surface area (Å²) in [7, 11) is 0. The molecule has 0 amide bonds. The van der Waals surface area contributed by atoms with Crippen molar-refractivity contribution in [2.45, 2.75) is 27.2 Å². The zero-order valence-corrected chi connectivity index (χ0v) is 13.1. The first kappa shape index (κ1) is 16.0. The average Bonchev–Trinajstić information content (AvgIpc) is 2.54. The molecule has 0 aliphatic carbocycles. The van der Waals surface area contributed by atoms with Crippen LogP contribution in [0.2, 0.25) is 0 Å². The summed E-state index contributed by atoms with van der Waals surface area (Å²) in [6.45, 7) is 5.60. The molecule has 0 unspecified atom stereocenters. The molecule has 3 nitrogen and oxygen atoms in total.